The summed E-state index contributed by atoms with van der Waals surface area (Å²) < 4.78 is 0.580. The van der Waals surface area contributed by atoms with Crippen LogP contribution in [0.4, 0.5) is 0 Å². The summed E-state index contributed by atoms with van der Waals surface area (Å²) >= 11 is 6.31. The van der Waals surface area contributed by atoms with Gasteiger partial charge in [0.1, 0.15) is 4.32 Å². The summed E-state index contributed by atoms with van der Waals surface area (Å²) in [4.78, 5) is 0. The molecule has 0 aliphatic heterocycles. The van der Waals surface area contributed by atoms with Crippen molar-refractivity contribution in [3.05, 3.63) is 0 Å². The zero-order valence-electron chi connectivity index (χ0n) is 7.43. The van der Waals surface area contributed by atoms with Crippen molar-refractivity contribution in [2.75, 3.05) is 5.75 Å². The van der Waals surface area contributed by atoms with Gasteiger partial charge in [0.15, 0.2) is 0 Å². The van der Waals surface area contributed by atoms with E-state index in [0.29, 0.717) is 4.32 Å². The Balaban J connectivity index is 0. The fourth-order valence-electron chi connectivity index (χ4n) is 0.702. The van der Waals surface area contributed by atoms with E-state index in [1.54, 1.807) is 11.8 Å². The van der Waals surface area contributed by atoms with Crippen LogP contribution < -0.4 is 5.73 Å². The molecule has 0 fully saturated rings. The van der Waals surface area contributed by atoms with E-state index >= 15 is 0 Å². The fraction of sp³-hybridized carbons (Fsp3) is 0.857. The molecule has 4 heteroatoms. The quantitative estimate of drug-likeness (QED) is 0.433. The smallest absolute Gasteiger partial charge is 0.131 e. The van der Waals surface area contributed by atoms with E-state index in [0.717, 1.165) is 5.75 Å². The molecule has 1 radical (unpaired) electrons. The molecule has 0 heterocycles. The van der Waals surface area contributed by atoms with E-state index in [9.17, 15) is 0 Å². The van der Waals surface area contributed by atoms with Crippen LogP contribution in [0.1, 0.15) is 32.6 Å². The molecule has 0 saturated heterocycles. The minimum absolute atomic E-state index is 0. The summed E-state index contributed by atoms with van der Waals surface area (Å²) in [7, 11) is 0. The molecule has 0 aliphatic rings. The van der Waals surface area contributed by atoms with Crippen molar-refractivity contribution in [2.24, 2.45) is 5.73 Å². The standard InChI is InChI=1S/C7H15NS2.K/c1-2-3-4-5-6-10-7(8)9;/h2-6H2,1H3,(H2,8,9);. The Kier molecular flexibility index (Phi) is 16.6. The van der Waals surface area contributed by atoms with Crippen LogP contribution in [0, 0.1) is 0 Å². The van der Waals surface area contributed by atoms with Crippen molar-refractivity contribution in [1.82, 2.24) is 0 Å². The molecule has 61 valence electrons. The fourth-order valence-corrected chi connectivity index (χ4v) is 1.50. The van der Waals surface area contributed by atoms with Gasteiger partial charge in [-0.3, -0.25) is 0 Å². The molecule has 0 amide bonds. The van der Waals surface area contributed by atoms with Gasteiger partial charge < -0.3 is 5.73 Å². The van der Waals surface area contributed by atoms with Crippen LogP contribution in [0.2, 0.25) is 0 Å². The first-order chi connectivity index (χ1) is 4.77. The Bertz CT molecular complexity index is 98.4. The number of thioether (sulfide) groups is 1. The second-order valence-corrected chi connectivity index (χ2v) is 4.06. The van der Waals surface area contributed by atoms with Crippen LogP contribution in [0.15, 0.2) is 0 Å². The van der Waals surface area contributed by atoms with Gasteiger partial charge in [-0.2, -0.15) is 0 Å². The van der Waals surface area contributed by atoms with Crippen LogP contribution in [0.5, 0.6) is 0 Å². The van der Waals surface area contributed by atoms with Gasteiger partial charge in [0.25, 0.3) is 0 Å². The Morgan fingerprint density at radius 1 is 1.36 bits per heavy atom. The number of hydrogen-bond acceptors (Lipinski definition) is 2. The predicted octanol–water partition coefficient (Wildman–Crippen LogP) is 2.16. The first-order valence-corrected chi connectivity index (χ1v) is 5.09. The number of thiocarbonyl (C=S) groups is 1. The average Bonchev–Trinajstić information content (AvgIpc) is 1.87. The van der Waals surface area contributed by atoms with E-state index in [2.05, 4.69) is 6.92 Å². The van der Waals surface area contributed by atoms with Gasteiger partial charge in [-0.1, -0.05) is 50.2 Å². The van der Waals surface area contributed by atoms with E-state index in [1.807, 2.05) is 0 Å². The maximum atomic E-state index is 5.30. The molecule has 0 aromatic heterocycles. The van der Waals surface area contributed by atoms with Gasteiger partial charge in [0, 0.05) is 57.1 Å². The number of unbranched alkanes of at least 4 members (excludes halogenated alkanes) is 3. The van der Waals surface area contributed by atoms with Gasteiger partial charge in [0.2, 0.25) is 0 Å². The zero-order valence-corrected chi connectivity index (χ0v) is 12.2. The summed E-state index contributed by atoms with van der Waals surface area (Å²) in [5.41, 5.74) is 5.30. The molecule has 0 rings (SSSR count). The van der Waals surface area contributed by atoms with Crippen molar-refractivity contribution in [1.29, 1.82) is 0 Å². The predicted molar refractivity (Wildman–Crippen MR) is 59.1 cm³/mol. The zero-order chi connectivity index (χ0) is 7.82. The van der Waals surface area contributed by atoms with Gasteiger partial charge in [-0.05, 0) is 6.42 Å². The Hall–Kier alpha value is 1.88. The largest absolute Gasteiger partial charge is 0.385 e. The van der Waals surface area contributed by atoms with Crippen molar-refractivity contribution in [2.45, 2.75) is 32.6 Å². The molecule has 0 spiro atoms. The maximum Gasteiger partial charge on any atom is 0.131 e. The molecule has 0 bridgehead atoms. The van der Waals surface area contributed by atoms with Gasteiger partial charge in [-0.25, -0.2) is 0 Å². The SMILES string of the molecule is CCCCCCSC(N)=S.[K]. The summed E-state index contributed by atoms with van der Waals surface area (Å²) in [6, 6.07) is 0. The maximum absolute atomic E-state index is 5.30. The molecule has 0 atom stereocenters. The second kappa shape index (κ2) is 11.9. The molecule has 0 aromatic rings. The first-order valence-electron chi connectivity index (χ1n) is 3.69. The molecule has 0 unspecified atom stereocenters. The molecule has 2 N–H and O–H groups in total. The Labute approximate surface area is 122 Å². The number of hydrogen-bond donors (Lipinski definition) is 1. The third-order valence-electron chi connectivity index (χ3n) is 1.24. The second-order valence-electron chi connectivity index (χ2n) is 2.23. The van der Waals surface area contributed by atoms with E-state index in [4.69, 9.17) is 18.0 Å². The van der Waals surface area contributed by atoms with Crippen LogP contribution >= 0.6 is 24.0 Å². The van der Waals surface area contributed by atoms with Gasteiger partial charge in [0.05, 0.1) is 0 Å². The molecule has 0 aliphatic carbocycles. The van der Waals surface area contributed by atoms with E-state index in [1.165, 1.54) is 25.7 Å². The monoisotopic (exact) mass is 216 g/mol. The van der Waals surface area contributed by atoms with Crippen molar-refractivity contribution >= 4 is 79.7 Å². The third kappa shape index (κ3) is 14.7. The van der Waals surface area contributed by atoms with Crippen LogP contribution in [-0.2, 0) is 0 Å². The van der Waals surface area contributed by atoms with E-state index in [-0.39, 0.29) is 51.4 Å². The molecular formula is C7H15KNS2. The van der Waals surface area contributed by atoms with Crippen molar-refractivity contribution in [3.8, 4) is 0 Å². The Morgan fingerprint density at radius 2 is 2.00 bits per heavy atom. The molecule has 11 heavy (non-hydrogen) atoms. The minimum atomic E-state index is 0. The van der Waals surface area contributed by atoms with Crippen LogP contribution in [-0.4, -0.2) is 61.5 Å². The molecule has 0 saturated carbocycles. The third-order valence-corrected chi connectivity index (χ3v) is 2.37. The van der Waals surface area contributed by atoms with Gasteiger partial charge in [-0.15, -0.1) is 0 Å². The summed E-state index contributed by atoms with van der Waals surface area (Å²) in [6.07, 6.45) is 5.18. The van der Waals surface area contributed by atoms with Crippen molar-refractivity contribution < 1.29 is 0 Å². The molecule has 0 aromatic carbocycles. The Morgan fingerprint density at radius 3 is 2.45 bits per heavy atom. The minimum Gasteiger partial charge on any atom is -0.385 e. The van der Waals surface area contributed by atoms with E-state index < -0.39 is 0 Å². The van der Waals surface area contributed by atoms with Crippen LogP contribution in [0.3, 0.4) is 0 Å². The summed E-state index contributed by atoms with van der Waals surface area (Å²) in [5.74, 6) is 1.09. The summed E-state index contributed by atoms with van der Waals surface area (Å²) in [5, 5.41) is 0. The molecule has 1 nitrogen and oxygen atoms in total. The number of rotatable bonds is 5. The molecular weight excluding hydrogens is 201 g/mol. The average molecular weight is 216 g/mol. The topological polar surface area (TPSA) is 26.0 Å². The summed E-state index contributed by atoms with van der Waals surface area (Å²) in [6.45, 7) is 2.21. The van der Waals surface area contributed by atoms with Crippen LogP contribution in [0.25, 0.3) is 0 Å². The van der Waals surface area contributed by atoms with Crippen molar-refractivity contribution in [3.63, 3.8) is 0 Å². The number of nitrogens with two attached hydrogens (primary N) is 1. The van der Waals surface area contributed by atoms with Gasteiger partial charge >= 0.3 is 0 Å². The first kappa shape index (κ1) is 15.4. The normalized spacial score (nSPS) is 8.82.